The number of methoxy groups -OCH3 is 2. The zero-order chi connectivity index (χ0) is 19.3. The maximum Gasteiger partial charge on any atom is 0.330 e. The van der Waals surface area contributed by atoms with Gasteiger partial charge in [-0.3, -0.25) is 19.1 Å². The summed E-state index contributed by atoms with van der Waals surface area (Å²) in [4.78, 5) is 40.5. The van der Waals surface area contributed by atoms with E-state index in [-0.39, 0.29) is 31.1 Å². The third kappa shape index (κ3) is 3.94. The van der Waals surface area contributed by atoms with E-state index in [1.165, 1.54) is 14.2 Å². The average Bonchev–Trinajstić information content (AvgIpc) is 2.61. The Morgan fingerprint density at radius 2 is 1.96 bits per heavy atom. The molecule has 0 fully saturated rings. The highest BCUT2D eigenvalue weighted by atomic mass is 16.5. The zero-order valence-electron chi connectivity index (χ0n) is 14.9. The number of Topliss-reactive ketones (excluding diaryl/α,β-unsaturated/α-hetero) is 1. The van der Waals surface area contributed by atoms with E-state index in [0.717, 1.165) is 4.57 Å². The Bertz CT molecular complexity index is 903. The molecule has 2 aromatic rings. The number of ether oxygens (including phenoxy) is 2. The van der Waals surface area contributed by atoms with Gasteiger partial charge in [0.15, 0.2) is 5.78 Å². The topological polar surface area (TPSA) is 120 Å². The predicted molar refractivity (Wildman–Crippen MR) is 98.2 cm³/mol. The van der Waals surface area contributed by atoms with E-state index in [0.29, 0.717) is 11.4 Å². The number of H-pyrrole nitrogens is 1. The maximum atomic E-state index is 12.7. The van der Waals surface area contributed by atoms with Gasteiger partial charge in [0.05, 0.1) is 32.5 Å². The number of hydrogen-bond donors (Lipinski definition) is 2. The van der Waals surface area contributed by atoms with Crippen LogP contribution in [0.15, 0.2) is 33.9 Å². The van der Waals surface area contributed by atoms with E-state index in [2.05, 4.69) is 4.98 Å². The van der Waals surface area contributed by atoms with Gasteiger partial charge < -0.3 is 20.1 Å². The molecule has 1 heterocycles. The van der Waals surface area contributed by atoms with Crippen molar-refractivity contribution in [3.63, 3.8) is 0 Å². The number of likely N-dealkylation sites (N-methyl/N-ethyl adjacent to an activating group) is 1. The van der Waals surface area contributed by atoms with Gasteiger partial charge in [-0.05, 0) is 12.1 Å². The van der Waals surface area contributed by atoms with Crippen LogP contribution in [-0.4, -0.2) is 49.8 Å². The molecule has 0 bridgehead atoms. The lowest BCUT2D eigenvalue weighted by Crippen LogP contribution is -2.39. The van der Waals surface area contributed by atoms with Crippen LogP contribution >= 0.6 is 0 Å². The molecule has 2 rings (SSSR count). The third-order valence-electron chi connectivity index (χ3n) is 3.91. The largest absolute Gasteiger partial charge is 0.495 e. The Morgan fingerprint density at radius 1 is 1.27 bits per heavy atom. The molecule has 0 aliphatic rings. The smallest absolute Gasteiger partial charge is 0.330 e. The van der Waals surface area contributed by atoms with Gasteiger partial charge >= 0.3 is 5.69 Å². The van der Waals surface area contributed by atoms with E-state index in [9.17, 15) is 14.4 Å². The Hall–Kier alpha value is -3.07. The van der Waals surface area contributed by atoms with Crippen molar-refractivity contribution in [1.29, 1.82) is 0 Å². The highest BCUT2D eigenvalue weighted by Gasteiger charge is 2.21. The average molecular weight is 362 g/mol. The summed E-state index contributed by atoms with van der Waals surface area (Å²) in [5.41, 5.74) is 4.87. The zero-order valence-corrected chi connectivity index (χ0v) is 14.9. The monoisotopic (exact) mass is 362 g/mol. The van der Waals surface area contributed by atoms with Crippen LogP contribution in [0, 0.1) is 0 Å². The molecule has 0 aliphatic carbocycles. The number of anilines is 2. The number of para-hydroxylation sites is 2. The minimum absolute atomic E-state index is 0.115. The summed E-state index contributed by atoms with van der Waals surface area (Å²) in [5, 5.41) is 0. The quantitative estimate of drug-likeness (QED) is 0.639. The molecule has 1 aromatic carbocycles. The number of ketones is 1. The number of carbonyl (C=O) groups is 1. The van der Waals surface area contributed by atoms with Crippen molar-refractivity contribution in [2.45, 2.75) is 6.54 Å². The number of nitrogens with two attached hydrogens (primary N) is 1. The van der Waals surface area contributed by atoms with Gasteiger partial charge in [-0.25, -0.2) is 4.79 Å². The van der Waals surface area contributed by atoms with Crippen LogP contribution in [0.1, 0.15) is 10.4 Å². The van der Waals surface area contributed by atoms with Gasteiger partial charge in [0, 0.05) is 14.2 Å². The predicted octanol–water partition coefficient (Wildman–Crippen LogP) is 0.0929. The van der Waals surface area contributed by atoms with Crippen molar-refractivity contribution in [3.05, 3.63) is 50.7 Å². The van der Waals surface area contributed by atoms with E-state index in [1.807, 2.05) is 12.1 Å². The normalized spacial score (nSPS) is 10.6. The van der Waals surface area contributed by atoms with E-state index in [1.54, 1.807) is 24.1 Å². The van der Waals surface area contributed by atoms with Crippen LogP contribution < -0.4 is 26.6 Å². The second-order valence-electron chi connectivity index (χ2n) is 5.62. The van der Waals surface area contributed by atoms with Crippen LogP contribution in [0.3, 0.4) is 0 Å². The molecule has 0 spiro atoms. The highest BCUT2D eigenvalue weighted by Crippen LogP contribution is 2.26. The van der Waals surface area contributed by atoms with Crippen LogP contribution in [0.4, 0.5) is 11.5 Å². The van der Waals surface area contributed by atoms with Crippen LogP contribution in [-0.2, 0) is 11.3 Å². The number of nitrogen functional groups attached to an aromatic ring is 1. The van der Waals surface area contributed by atoms with Crippen LogP contribution in [0.25, 0.3) is 0 Å². The number of benzene rings is 1. The Labute approximate surface area is 150 Å². The minimum Gasteiger partial charge on any atom is -0.495 e. The lowest BCUT2D eigenvalue weighted by atomic mass is 10.1. The molecule has 9 nitrogen and oxygen atoms in total. The molecule has 0 atom stereocenters. The van der Waals surface area contributed by atoms with Crippen molar-refractivity contribution in [3.8, 4) is 5.75 Å². The number of aromatic amines is 1. The number of rotatable bonds is 8. The number of nitrogens with zero attached hydrogens (tertiary/aromatic N) is 2. The Balaban J connectivity index is 2.35. The first-order chi connectivity index (χ1) is 12.4. The fourth-order valence-corrected chi connectivity index (χ4v) is 2.59. The molecule has 0 radical (unpaired) electrons. The molecular formula is C17H22N4O5. The van der Waals surface area contributed by atoms with Gasteiger partial charge in [-0.2, -0.15) is 0 Å². The summed E-state index contributed by atoms with van der Waals surface area (Å²) >= 11 is 0. The molecule has 0 saturated heterocycles. The molecule has 9 heteroatoms. The first-order valence-corrected chi connectivity index (χ1v) is 7.89. The minimum atomic E-state index is -0.806. The number of hydrogen-bond acceptors (Lipinski definition) is 7. The fourth-order valence-electron chi connectivity index (χ4n) is 2.59. The first kappa shape index (κ1) is 19.3. The van der Waals surface area contributed by atoms with Gasteiger partial charge in [-0.15, -0.1) is 0 Å². The van der Waals surface area contributed by atoms with E-state index in [4.69, 9.17) is 15.2 Å². The summed E-state index contributed by atoms with van der Waals surface area (Å²) in [6, 6.07) is 7.18. The molecule has 3 N–H and O–H groups in total. The molecule has 1 aromatic heterocycles. The van der Waals surface area contributed by atoms with Gasteiger partial charge in [-0.1, -0.05) is 12.1 Å². The lowest BCUT2D eigenvalue weighted by molar-refractivity contribution is 0.0998. The number of nitrogens with one attached hydrogen (secondary N) is 1. The van der Waals surface area contributed by atoms with E-state index >= 15 is 0 Å². The maximum absolute atomic E-state index is 12.7. The van der Waals surface area contributed by atoms with Gasteiger partial charge in [0.1, 0.15) is 17.1 Å². The summed E-state index contributed by atoms with van der Waals surface area (Å²) in [6.45, 7) is 0.224. The number of carbonyl (C=O) groups excluding carboxylic acids is 1. The molecule has 0 aliphatic heterocycles. The van der Waals surface area contributed by atoms with Gasteiger partial charge in [0.2, 0.25) is 0 Å². The summed E-state index contributed by atoms with van der Waals surface area (Å²) in [5.74, 6) is -0.0905. The van der Waals surface area contributed by atoms with Crippen molar-refractivity contribution < 1.29 is 14.3 Å². The summed E-state index contributed by atoms with van der Waals surface area (Å²) in [6.07, 6.45) is 0. The molecule has 0 amide bonds. The fraction of sp³-hybridized carbons (Fsp3) is 0.353. The molecule has 0 unspecified atom stereocenters. The van der Waals surface area contributed by atoms with Crippen LogP contribution in [0.2, 0.25) is 0 Å². The summed E-state index contributed by atoms with van der Waals surface area (Å²) in [7, 11) is 4.70. The van der Waals surface area contributed by atoms with Crippen molar-refractivity contribution in [1.82, 2.24) is 9.55 Å². The standard InChI is InChI=1S/C17H22N4O5/c1-20(11-6-4-5-7-13(11)26-3)10-12(22)14-15(18)21(8-9-25-2)17(24)19-16(14)23/h4-7H,8-10,18H2,1-3H3,(H,19,23,24). The molecule has 26 heavy (non-hydrogen) atoms. The molecule has 0 saturated carbocycles. The van der Waals surface area contributed by atoms with E-state index < -0.39 is 17.0 Å². The molecular weight excluding hydrogens is 340 g/mol. The third-order valence-corrected chi connectivity index (χ3v) is 3.91. The van der Waals surface area contributed by atoms with Gasteiger partial charge in [0.25, 0.3) is 5.56 Å². The summed E-state index contributed by atoms with van der Waals surface area (Å²) < 4.78 is 11.3. The van der Waals surface area contributed by atoms with Crippen molar-refractivity contribution in [2.75, 3.05) is 45.1 Å². The van der Waals surface area contributed by atoms with Crippen molar-refractivity contribution >= 4 is 17.3 Å². The Morgan fingerprint density at radius 3 is 2.62 bits per heavy atom. The lowest BCUT2D eigenvalue weighted by Gasteiger charge is -2.21. The molecule has 140 valence electrons. The second-order valence-corrected chi connectivity index (χ2v) is 5.62. The van der Waals surface area contributed by atoms with Crippen LogP contribution in [0.5, 0.6) is 5.75 Å². The highest BCUT2D eigenvalue weighted by molar-refractivity contribution is 6.02. The SMILES string of the molecule is COCCn1c(N)c(C(=O)CN(C)c2ccccc2OC)c(=O)[nH]c1=O. The Kier molecular flexibility index (Phi) is 6.18. The van der Waals surface area contributed by atoms with Crippen molar-refractivity contribution in [2.24, 2.45) is 0 Å². The second kappa shape index (κ2) is 8.34. The first-order valence-electron chi connectivity index (χ1n) is 7.89. The number of aromatic nitrogens is 2.